The number of hydrogen-bond acceptors (Lipinski definition) is 0. The summed E-state index contributed by atoms with van der Waals surface area (Å²) < 4.78 is 0. The Morgan fingerprint density at radius 3 is 1.27 bits per heavy atom. The molecule has 0 saturated carbocycles. The molecule has 0 aliphatic rings. The standard InChI is InChI=1S/C28H34IP/c29-30-24-16-5-3-1-2-4-15-23-28(25-17-9-6-10-18-25,26-19-11-7-12-20-26)27-21-13-8-14-22-27/h6-14,17-22,30H,1-5,15-16,23-24H2. The molecular formula is C28H34IP. The maximum Gasteiger partial charge on any atom is 0.0451 e. The molecule has 0 spiro atoms. The molecule has 0 aliphatic heterocycles. The van der Waals surface area contributed by atoms with E-state index in [-0.39, 0.29) is 5.41 Å². The van der Waals surface area contributed by atoms with Gasteiger partial charge in [-0.3, -0.25) is 0 Å². The third kappa shape index (κ3) is 6.41. The molecule has 0 aliphatic carbocycles. The molecule has 3 aromatic rings. The topological polar surface area (TPSA) is 0 Å². The van der Waals surface area contributed by atoms with Gasteiger partial charge in [0.25, 0.3) is 0 Å². The zero-order chi connectivity index (χ0) is 20.9. The minimum absolute atomic E-state index is 0.0784. The van der Waals surface area contributed by atoms with Crippen molar-refractivity contribution in [3.05, 3.63) is 108 Å². The van der Waals surface area contributed by atoms with Crippen LogP contribution < -0.4 is 0 Å². The highest BCUT2D eigenvalue weighted by Crippen LogP contribution is 2.43. The quantitative estimate of drug-likeness (QED) is 0.0898. The van der Waals surface area contributed by atoms with Gasteiger partial charge in [0.05, 0.1) is 0 Å². The van der Waals surface area contributed by atoms with E-state index in [9.17, 15) is 0 Å². The minimum Gasteiger partial charge on any atom is -0.0622 e. The number of unbranched alkanes of at least 4 members (excludes halogenated alkanes) is 6. The van der Waals surface area contributed by atoms with Crippen molar-refractivity contribution in [3.8, 4) is 0 Å². The Morgan fingerprint density at radius 2 is 0.867 bits per heavy atom. The molecule has 0 amide bonds. The average molecular weight is 528 g/mol. The van der Waals surface area contributed by atoms with Gasteiger partial charge in [0.15, 0.2) is 0 Å². The summed E-state index contributed by atoms with van der Waals surface area (Å²) >= 11 is 2.52. The van der Waals surface area contributed by atoms with Crippen LogP contribution in [0.5, 0.6) is 0 Å². The summed E-state index contributed by atoms with van der Waals surface area (Å²) in [5.74, 6) is 0. The maximum absolute atomic E-state index is 2.52. The normalized spacial score (nSPS) is 11.9. The summed E-state index contributed by atoms with van der Waals surface area (Å²) in [6, 6.07) is 33.4. The van der Waals surface area contributed by atoms with Gasteiger partial charge in [0.2, 0.25) is 0 Å². The Hall–Kier alpha value is -1.18. The van der Waals surface area contributed by atoms with E-state index in [1.807, 2.05) is 0 Å². The van der Waals surface area contributed by atoms with Crippen LogP contribution in [0.1, 0.15) is 68.1 Å². The minimum atomic E-state index is -0.0784. The SMILES string of the molecule is IPCCCCCCCCCC(c1ccccc1)(c1ccccc1)c1ccccc1. The van der Waals surface area contributed by atoms with E-state index in [4.69, 9.17) is 0 Å². The number of benzene rings is 3. The van der Waals surface area contributed by atoms with E-state index in [0.717, 1.165) is 12.6 Å². The van der Waals surface area contributed by atoms with E-state index in [1.165, 1.54) is 67.8 Å². The van der Waals surface area contributed by atoms with Gasteiger partial charge >= 0.3 is 0 Å². The van der Waals surface area contributed by atoms with E-state index in [1.54, 1.807) is 0 Å². The highest BCUT2D eigenvalue weighted by molar-refractivity contribution is 14.2. The van der Waals surface area contributed by atoms with Crippen LogP contribution in [0.4, 0.5) is 0 Å². The Labute approximate surface area is 198 Å². The predicted octanol–water partition coefficient (Wildman–Crippen LogP) is 9.17. The third-order valence-electron chi connectivity index (χ3n) is 6.12. The van der Waals surface area contributed by atoms with Gasteiger partial charge in [0, 0.05) is 5.41 Å². The molecule has 0 nitrogen and oxygen atoms in total. The fourth-order valence-electron chi connectivity index (χ4n) is 4.57. The van der Waals surface area contributed by atoms with Gasteiger partial charge in [-0.2, -0.15) is 0 Å². The van der Waals surface area contributed by atoms with Crippen molar-refractivity contribution in [2.45, 2.75) is 56.8 Å². The first-order valence-electron chi connectivity index (χ1n) is 11.4. The van der Waals surface area contributed by atoms with Crippen molar-refractivity contribution in [2.24, 2.45) is 0 Å². The van der Waals surface area contributed by atoms with Crippen LogP contribution in [0.2, 0.25) is 0 Å². The van der Waals surface area contributed by atoms with Crippen LogP contribution in [-0.2, 0) is 5.41 Å². The number of halogens is 1. The lowest BCUT2D eigenvalue weighted by atomic mass is 9.66. The first-order valence-corrected chi connectivity index (χ1v) is 15.7. The average Bonchev–Trinajstić information content (AvgIpc) is 2.82. The molecule has 158 valence electrons. The fraction of sp³-hybridized carbons (Fsp3) is 0.357. The summed E-state index contributed by atoms with van der Waals surface area (Å²) in [5, 5.41) is 0. The van der Waals surface area contributed by atoms with Gasteiger partial charge < -0.3 is 0 Å². The molecule has 30 heavy (non-hydrogen) atoms. The summed E-state index contributed by atoms with van der Waals surface area (Å²) in [6.45, 7) is 0. The first-order chi connectivity index (χ1) is 14.9. The Kier molecular flexibility index (Phi) is 10.4. The van der Waals surface area contributed by atoms with Crippen molar-refractivity contribution in [2.75, 3.05) is 6.16 Å². The monoisotopic (exact) mass is 528 g/mol. The summed E-state index contributed by atoms with van der Waals surface area (Å²) in [5.41, 5.74) is 4.14. The molecule has 0 radical (unpaired) electrons. The lowest BCUT2D eigenvalue weighted by Crippen LogP contribution is -2.29. The summed E-state index contributed by atoms with van der Waals surface area (Å²) in [6.07, 6.45) is 13.2. The second-order valence-corrected chi connectivity index (χ2v) is 11.2. The highest BCUT2D eigenvalue weighted by Gasteiger charge is 2.35. The van der Waals surface area contributed by atoms with Gasteiger partial charge in [-0.15, -0.1) is 0 Å². The third-order valence-corrected chi connectivity index (χ3v) is 8.28. The first kappa shape index (κ1) is 23.5. The van der Waals surface area contributed by atoms with E-state index >= 15 is 0 Å². The lowest BCUT2D eigenvalue weighted by Gasteiger charge is -2.36. The summed E-state index contributed by atoms with van der Waals surface area (Å²) in [4.78, 5) is 0. The molecule has 0 fully saturated rings. The molecule has 1 atom stereocenters. The maximum atomic E-state index is 2.52. The largest absolute Gasteiger partial charge is 0.0622 e. The van der Waals surface area contributed by atoms with Gasteiger partial charge in [-0.25, -0.2) is 0 Å². The van der Waals surface area contributed by atoms with Gasteiger partial charge in [-0.1, -0.05) is 158 Å². The smallest absolute Gasteiger partial charge is 0.0451 e. The van der Waals surface area contributed by atoms with Crippen molar-refractivity contribution < 1.29 is 0 Å². The highest BCUT2D eigenvalue weighted by atomic mass is 127. The molecule has 2 heteroatoms. The Morgan fingerprint density at radius 1 is 0.500 bits per heavy atom. The van der Waals surface area contributed by atoms with E-state index < -0.39 is 0 Å². The fourth-order valence-corrected chi connectivity index (χ4v) is 6.09. The molecule has 0 bridgehead atoms. The second-order valence-electron chi connectivity index (χ2n) is 8.11. The lowest BCUT2D eigenvalue weighted by molar-refractivity contribution is 0.497. The van der Waals surface area contributed by atoms with Crippen LogP contribution in [0.15, 0.2) is 91.0 Å². The Bertz CT molecular complexity index is 720. The molecule has 1 unspecified atom stereocenters. The molecular weight excluding hydrogens is 494 g/mol. The van der Waals surface area contributed by atoms with Crippen LogP contribution in [0, 0.1) is 0 Å². The zero-order valence-corrected chi connectivity index (χ0v) is 21.1. The second kappa shape index (κ2) is 13.3. The molecule has 3 rings (SSSR count). The van der Waals surface area contributed by atoms with Crippen LogP contribution >= 0.6 is 28.3 Å². The molecule has 0 aromatic heterocycles. The van der Waals surface area contributed by atoms with Crippen molar-refractivity contribution in [3.63, 3.8) is 0 Å². The molecule has 0 N–H and O–H groups in total. The predicted molar refractivity (Wildman–Crippen MR) is 143 cm³/mol. The molecule has 3 aromatic carbocycles. The number of hydrogen-bond donors (Lipinski definition) is 0. The van der Waals surface area contributed by atoms with Crippen LogP contribution in [0.25, 0.3) is 0 Å². The van der Waals surface area contributed by atoms with Crippen molar-refractivity contribution in [1.82, 2.24) is 0 Å². The van der Waals surface area contributed by atoms with Gasteiger partial charge in [-0.05, 0) is 35.7 Å². The Balaban J connectivity index is 1.77. The van der Waals surface area contributed by atoms with Crippen LogP contribution in [0.3, 0.4) is 0 Å². The molecule has 0 heterocycles. The van der Waals surface area contributed by atoms with E-state index in [0.29, 0.717) is 0 Å². The van der Waals surface area contributed by atoms with Crippen LogP contribution in [-0.4, -0.2) is 6.16 Å². The molecule has 0 saturated heterocycles. The zero-order valence-electron chi connectivity index (χ0n) is 17.9. The van der Waals surface area contributed by atoms with E-state index in [2.05, 4.69) is 113 Å². The van der Waals surface area contributed by atoms with Crippen molar-refractivity contribution in [1.29, 1.82) is 0 Å². The summed E-state index contributed by atoms with van der Waals surface area (Å²) in [7, 11) is 0. The van der Waals surface area contributed by atoms with Crippen molar-refractivity contribution >= 4 is 28.3 Å². The van der Waals surface area contributed by atoms with Gasteiger partial charge in [0.1, 0.15) is 0 Å². The number of rotatable bonds is 13.